The SMILES string of the molecule is Cc1ccc2c(c1)c1nnc(SC(C)C(=O)NCc3ccc(F)cc3)nc1n2Cc1ccccc1F. The summed E-state index contributed by atoms with van der Waals surface area (Å²) < 4.78 is 29.5. The molecule has 3 aromatic carbocycles. The van der Waals surface area contributed by atoms with Gasteiger partial charge < -0.3 is 9.88 Å². The third kappa shape index (κ3) is 4.92. The van der Waals surface area contributed by atoms with E-state index in [-0.39, 0.29) is 24.1 Å². The first-order valence-corrected chi connectivity index (χ1v) is 12.3. The first kappa shape index (κ1) is 23.9. The molecule has 5 rings (SSSR count). The lowest BCUT2D eigenvalue weighted by Gasteiger charge is -2.11. The zero-order valence-electron chi connectivity index (χ0n) is 19.7. The molecule has 0 aliphatic rings. The number of amides is 1. The van der Waals surface area contributed by atoms with Crippen molar-refractivity contribution in [2.24, 2.45) is 0 Å². The van der Waals surface area contributed by atoms with Gasteiger partial charge in [-0.3, -0.25) is 4.79 Å². The predicted octanol–water partition coefficient (Wildman–Crippen LogP) is 5.41. The summed E-state index contributed by atoms with van der Waals surface area (Å²) in [5.41, 5.74) is 4.50. The Morgan fingerprint density at radius 3 is 2.61 bits per heavy atom. The fourth-order valence-corrected chi connectivity index (χ4v) is 4.74. The number of carbonyl (C=O) groups excluding carboxylic acids is 1. The summed E-state index contributed by atoms with van der Waals surface area (Å²) in [6.45, 7) is 4.33. The second kappa shape index (κ2) is 10.0. The number of fused-ring (bicyclic) bond motifs is 3. The van der Waals surface area contributed by atoms with Crippen molar-refractivity contribution < 1.29 is 13.6 Å². The van der Waals surface area contributed by atoms with Crippen molar-refractivity contribution in [3.05, 3.63) is 95.1 Å². The van der Waals surface area contributed by atoms with E-state index in [1.54, 1.807) is 37.3 Å². The maximum atomic E-state index is 14.5. The second-order valence-electron chi connectivity index (χ2n) is 8.57. The standard InChI is InChI=1S/C27H23F2N5OS/c1-16-7-12-23-21(13-16)24-25(34(23)15-19-5-3-4-6-22(19)29)31-27(33-32-24)36-17(2)26(35)30-14-18-8-10-20(28)11-9-18/h3-13,17H,14-15H2,1-2H3,(H,30,35). The summed E-state index contributed by atoms with van der Waals surface area (Å²) in [7, 11) is 0. The fraction of sp³-hybridized carbons (Fsp3) is 0.185. The van der Waals surface area contributed by atoms with E-state index in [2.05, 4.69) is 15.5 Å². The average molecular weight is 504 g/mol. The molecular weight excluding hydrogens is 480 g/mol. The molecule has 0 aliphatic carbocycles. The predicted molar refractivity (Wildman–Crippen MR) is 137 cm³/mol. The zero-order valence-corrected chi connectivity index (χ0v) is 20.5. The monoisotopic (exact) mass is 503 g/mol. The number of thioether (sulfide) groups is 1. The van der Waals surface area contributed by atoms with Gasteiger partial charge in [-0.15, -0.1) is 10.2 Å². The van der Waals surface area contributed by atoms with Crippen LogP contribution in [-0.4, -0.2) is 30.9 Å². The van der Waals surface area contributed by atoms with E-state index in [0.717, 1.165) is 22.0 Å². The quantitative estimate of drug-likeness (QED) is 0.301. The summed E-state index contributed by atoms with van der Waals surface area (Å²) in [5, 5.41) is 12.3. The number of nitrogens with one attached hydrogen (secondary N) is 1. The van der Waals surface area contributed by atoms with Gasteiger partial charge in [0, 0.05) is 17.5 Å². The number of halogens is 2. The van der Waals surface area contributed by atoms with Gasteiger partial charge in [0.05, 0.1) is 17.3 Å². The van der Waals surface area contributed by atoms with Crippen LogP contribution in [0, 0.1) is 18.6 Å². The molecule has 2 aromatic heterocycles. The van der Waals surface area contributed by atoms with Crippen molar-refractivity contribution in [2.45, 2.75) is 37.3 Å². The highest BCUT2D eigenvalue weighted by Crippen LogP contribution is 2.30. The molecule has 0 aliphatic heterocycles. The number of hydrogen-bond donors (Lipinski definition) is 1. The Morgan fingerprint density at radius 2 is 1.83 bits per heavy atom. The topological polar surface area (TPSA) is 72.7 Å². The summed E-state index contributed by atoms with van der Waals surface area (Å²) in [6, 6.07) is 18.6. The van der Waals surface area contributed by atoms with E-state index < -0.39 is 5.25 Å². The number of carbonyl (C=O) groups is 1. The molecule has 1 amide bonds. The maximum absolute atomic E-state index is 14.5. The van der Waals surface area contributed by atoms with Gasteiger partial charge in [0.25, 0.3) is 0 Å². The Bertz CT molecular complexity index is 1570. The van der Waals surface area contributed by atoms with E-state index in [1.165, 1.54) is 30.0 Å². The lowest BCUT2D eigenvalue weighted by molar-refractivity contribution is -0.120. The minimum Gasteiger partial charge on any atom is -0.351 e. The van der Waals surface area contributed by atoms with Crippen molar-refractivity contribution in [1.82, 2.24) is 25.1 Å². The number of aromatic nitrogens is 4. The number of rotatable bonds is 7. The molecule has 6 nitrogen and oxygen atoms in total. The van der Waals surface area contributed by atoms with Crippen molar-refractivity contribution in [1.29, 1.82) is 0 Å². The van der Waals surface area contributed by atoms with Gasteiger partial charge in [-0.05, 0) is 49.7 Å². The zero-order chi connectivity index (χ0) is 25.2. The molecule has 0 radical (unpaired) electrons. The third-order valence-electron chi connectivity index (χ3n) is 5.92. The Morgan fingerprint density at radius 1 is 1.06 bits per heavy atom. The largest absolute Gasteiger partial charge is 0.351 e. The van der Waals surface area contributed by atoms with Gasteiger partial charge >= 0.3 is 0 Å². The van der Waals surface area contributed by atoms with Crippen LogP contribution < -0.4 is 5.32 Å². The Balaban J connectivity index is 1.42. The second-order valence-corrected chi connectivity index (χ2v) is 9.88. The smallest absolute Gasteiger partial charge is 0.233 e. The van der Waals surface area contributed by atoms with Crippen LogP contribution in [0.5, 0.6) is 0 Å². The molecule has 5 aromatic rings. The van der Waals surface area contributed by atoms with Crippen molar-refractivity contribution in [3.8, 4) is 0 Å². The summed E-state index contributed by atoms with van der Waals surface area (Å²) in [5.74, 6) is -0.810. The Hall–Kier alpha value is -3.85. The highest BCUT2D eigenvalue weighted by Gasteiger charge is 2.20. The van der Waals surface area contributed by atoms with Crippen LogP contribution in [0.4, 0.5) is 8.78 Å². The van der Waals surface area contributed by atoms with Crippen LogP contribution in [0.15, 0.2) is 71.9 Å². The normalized spacial score (nSPS) is 12.2. The molecular formula is C27H23F2N5OS. The van der Waals surface area contributed by atoms with Gasteiger partial charge in [-0.1, -0.05) is 53.7 Å². The van der Waals surface area contributed by atoms with Gasteiger partial charge in [0.1, 0.15) is 17.2 Å². The molecule has 1 N–H and O–H groups in total. The molecule has 0 saturated carbocycles. The van der Waals surface area contributed by atoms with Gasteiger partial charge in [0.2, 0.25) is 11.1 Å². The first-order valence-electron chi connectivity index (χ1n) is 11.4. The number of hydrogen-bond acceptors (Lipinski definition) is 5. The van der Waals surface area contributed by atoms with Crippen LogP contribution in [0.2, 0.25) is 0 Å². The van der Waals surface area contributed by atoms with E-state index in [4.69, 9.17) is 4.98 Å². The Kier molecular flexibility index (Phi) is 6.65. The number of nitrogens with zero attached hydrogens (tertiary/aromatic N) is 4. The molecule has 9 heteroatoms. The molecule has 0 bridgehead atoms. The summed E-state index contributed by atoms with van der Waals surface area (Å²) in [4.78, 5) is 17.4. The Labute approximate surface area is 210 Å². The van der Waals surface area contributed by atoms with Crippen LogP contribution in [0.25, 0.3) is 22.1 Å². The number of benzene rings is 3. The van der Waals surface area contributed by atoms with E-state index in [0.29, 0.717) is 28.4 Å². The highest BCUT2D eigenvalue weighted by molar-refractivity contribution is 8.00. The van der Waals surface area contributed by atoms with E-state index in [1.807, 2.05) is 29.7 Å². The van der Waals surface area contributed by atoms with Crippen LogP contribution in [0.3, 0.4) is 0 Å². The molecule has 182 valence electrons. The van der Waals surface area contributed by atoms with Crippen molar-refractivity contribution >= 4 is 39.7 Å². The summed E-state index contributed by atoms with van der Waals surface area (Å²) >= 11 is 1.19. The van der Waals surface area contributed by atoms with Crippen molar-refractivity contribution in [2.75, 3.05) is 0 Å². The van der Waals surface area contributed by atoms with Gasteiger partial charge in [0.15, 0.2) is 5.65 Å². The highest BCUT2D eigenvalue weighted by atomic mass is 32.2. The van der Waals surface area contributed by atoms with E-state index in [9.17, 15) is 13.6 Å². The molecule has 36 heavy (non-hydrogen) atoms. The minimum absolute atomic E-state index is 0.199. The van der Waals surface area contributed by atoms with Crippen LogP contribution in [-0.2, 0) is 17.9 Å². The lowest BCUT2D eigenvalue weighted by atomic mass is 10.1. The molecule has 0 saturated heterocycles. The van der Waals surface area contributed by atoms with Crippen molar-refractivity contribution in [3.63, 3.8) is 0 Å². The minimum atomic E-state index is -0.490. The van der Waals surface area contributed by atoms with Crippen LogP contribution >= 0.6 is 11.8 Å². The lowest BCUT2D eigenvalue weighted by Crippen LogP contribution is -2.30. The first-order chi connectivity index (χ1) is 17.4. The van der Waals surface area contributed by atoms with Gasteiger partial charge in [-0.25, -0.2) is 13.8 Å². The molecule has 0 fully saturated rings. The fourth-order valence-electron chi connectivity index (χ4n) is 4.01. The number of aryl methyl sites for hydroxylation is 1. The summed E-state index contributed by atoms with van der Waals surface area (Å²) in [6.07, 6.45) is 0. The average Bonchev–Trinajstić information content (AvgIpc) is 3.16. The maximum Gasteiger partial charge on any atom is 0.233 e. The van der Waals surface area contributed by atoms with Gasteiger partial charge in [-0.2, -0.15) is 0 Å². The molecule has 1 unspecified atom stereocenters. The molecule has 2 heterocycles. The third-order valence-corrected chi connectivity index (χ3v) is 6.87. The molecule has 0 spiro atoms. The van der Waals surface area contributed by atoms with E-state index >= 15 is 0 Å². The van der Waals surface area contributed by atoms with Crippen LogP contribution in [0.1, 0.15) is 23.6 Å². The molecule has 1 atom stereocenters.